The molecule has 5 nitrogen and oxygen atoms in total. The van der Waals surface area contributed by atoms with Crippen LogP contribution in [0.2, 0.25) is 0 Å². The molecule has 1 atom stereocenters. The highest BCUT2D eigenvalue weighted by molar-refractivity contribution is 5.78. The lowest BCUT2D eigenvalue weighted by atomic mass is 9.60. The van der Waals surface area contributed by atoms with Crippen molar-refractivity contribution in [2.45, 2.75) is 55.5 Å². The van der Waals surface area contributed by atoms with E-state index in [0.717, 1.165) is 6.07 Å². The zero-order valence-corrected chi connectivity index (χ0v) is 13.9. The SMILES string of the molecule is NC12CCC(NC(=O)COc3ccc(F)c(C(F)(F)F)c3)(CC1)C[C@@H]2O. The first kappa shape index (κ1) is 18.9. The largest absolute Gasteiger partial charge is 0.484 e. The van der Waals surface area contributed by atoms with Gasteiger partial charge in [-0.05, 0) is 50.3 Å². The van der Waals surface area contributed by atoms with Gasteiger partial charge in [0.25, 0.3) is 5.91 Å². The van der Waals surface area contributed by atoms with Crippen molar-refractivity contribution >= 4 is 5.91 Å². The number of aliphatic hydroxyl groups excluding tert-OH is 1. The van der Waals surface area contributed by atoms with Crippen LogP contribution in [0.3, 0.4) is 0 Å². The van der Waals surface area contributed by atoms with Gasteiger partial charge in [0, 0.05) is 11.1 Å². The Balaban J connectivity index is 1.60. The lowest BCUT2D eigenvalue weighted by Crippen LogP contribution is -2.68. The van der Waals surface area contributed by atoms with Crippen LogP contribution in [-0.4, -0.2) is 34.8 Å². The van der Waals surface area contributed by atoms with Gasteiger partial charge in [0.1, 0.15) is 11.6 Å². The minimum absolute atomic E-state index is 0.250. The molecule has 0 heterocycles. The van der Waals surface area contributed by atoms with Gasteiger partial charge in [0.2, 0.25) is 0 Å². The topological polar surface area (TPSA) is 84.6 Å². The number of amides is 1. The summed E-state index contributed by atoms with van der Waals surface area (Å²) in [4.78, 5) is 12.2. The molecule has 1 aromatic carbocycles. The highest BCUT2D eigenvalue weighted by atomic mass is 19.4. The molecule has 26 heavy (non-hydrogen) atoms. The van der Waals surface area contributed by atoms with Gasteiger partial charge in [-0.15, -0.1) is 0 Å². The van der Waals surface area contributed by atoms with Crippen molar-refractivity contribution in [3.8, 4) is 5.75 Å². The zero-order chi connectivity index (χ0) is 19.2. The number of nitrogens with one attached hydrogen (secondary N) is 1. The van der Waals surface area contributed by atoms with E-state index in [2.05, 4.69) is 5.32 Å². The van der Waals surface area contributed by atoms with Gasteiger partial charge >= 0.3 is 6.18 Å². The number of aliphatic hydroxyl groups is 1. The third kappa shape index (κ3) is 3.64. The number of alkyl halides is 3. The molecule has 3 fully saturated rings. The summed E-state index contributed by atoms with van der Waals surface area (Å²) in [5.74, 6) is -2.17. The van der Waals surface area contributed by atoms with Crippen LogP contribution >= 0.6 is 0 Å². The van der Waals surface area contributed by atoms with Crippen LogP contribution in [0.25, 0.3) is 0 Å². The predicted molar refractivity (Wildman–Crippen MR) is 83.8 cm³/mol. The van der Waals surface area contributed by atoms with Crippen LogP contribution in [0, 0.1) is 5.82 Å². The summed E-state index contributed by atoms with van der Waals surface area (Å²) in [5.41, 5.74) is 3.49. The molecule has 4 rings (SSSR count). The molecule has 0 aliphatic heterocycles. The Morgan fingerprint density at radius 3 is 2.54 bits per heavy atom. The third-order valence-corrected chi connectivity index (χ3v) is 5.40. The minimum atomic E-state index is -4.85. The number of ether oxygens (including phenoxy) is 1. The fraction of sp³-hybridized carbons (Fsp3) is 0.588. The first-order chi connectivity index (χ1) is 12.0. The summed E-state index contributed by atoms with van der Waals surface area (Å²) >= 11 is 0. The van der Waals surface area contributed by atoms with E-state index in [1.54, 1.807) is 0 Å². The molecule has 4 N–H and O–H groups in total. The van der Waals surface area contributed by atoms with Gasteiger partial charge < -0.3 is 20.9 Å². The average Bonchev–Trinajstić information content (AvgIpc) is 2.55. The molecule has 0 unspecified atom stereocenters. The van der Waals surface area contributed by atoms with E-state index >= 15 is 0 Å². The zero-order valence-electron chi connectivity index (χ0n) is 13.9. The molecule has 0 aromatic heterocycles. The number of benzene rings is 1. The first-order valence-electron chi connectivity index (χ1n) is 8.31. The Morgan fingerprint density at radius 1 is 1.31 bits per heavy atom. The van der Waals surface area contributed by atoms with Crippen molar-refractivity contribution in [1.29, 1.82) is 0 Å². The van der Waals surface area contributed by atoms with Crippen molar-refractivity contribution in [2.24, 2.45) is 5.73 Å². The van der Waals surface area contributed by atoms with Gasteiger partial charge in [0.15, 0.2) is 6.61 Å². The fourth-order valence-corrected chi connectivity index (χ4v) is 3.77. The van der Waals surface area contributed by atoms with E-state index in [1.165, 1.54) is 0 Å². The number of nitrogens with two attached hydrogens (primary N) is 1. The second kappa shape index (κ2) is 6.38. The van der Waals surface area contributed by atoms with Gasteiger partial charge in [-0.1, -0.05) is 0 Å². The monoisotopic (exact) mass is 376 g/mol. The maximum atomic E-state index is 13.3. The number of rotatable bonds is 4. The normalized spacial score (nSPS) is 30.9. The molecule has 3 saturated carbocycles. The summed E-state index contributed by atoms with van der Waals surface area (Å²) in [6.07, 6.45) is -2.80. The summed E-state index contributed by atoms with van der Waals surface area (Å²) in [6, 6.07) is 2.20. The van der Waals surface area contributed by atoms with Crippen LogP contribution in [0.1, 0.15) is 37.7 Å². The highest BCUT2D eigenvalue weighted by Crippen LogP contribution is 2.45. The Labute approximate surface area is 147 Å². The minimum Gasteiger partial charge on any atom is -0.484 e. The first-order valence-corrected chi connectivity index (χ1v) is 8.31. The molecule has 0 spiro atoms. The number of fused-ring (bicyclic) bond motifs is 3. The van der Waals surface area contributed by atoms with Crippen LogP contribution < -0.4 is 15.8 Å². The second-order valence-corrected chi connectivity index (χ2v) is 7.21. The van der Waals surface area contributed by atoms with E-state index in [1.807, 2.05) is 0 Å². The predicted octanol–water partition coefficient (Wildman–Crippen LogP) is 2.11. The van der Waals surface area contributed by atoms with E-state index in [4.69, 9.17) is 10.5 Å². The molecule has 3 aliphatic rings. The molecule has 0 saturated heterocycles. The molecule has 1 aromatic rings. The van der Waals surface area contributed by atoms with E-state index in [0.29, 0.717) is 44.2 Å². The summed E-state index contributed by atoms with van der Waals surface area (Å²) in [7, 11) is 0. The standard InChI is InChI=1S/C17H20F4N2O3/c18-12-2-1-10(7-11(12)17(19,20)21)26-9-14(25)23-15-3-5-16(22,6-4-15)13(24)8-15/h1-2,7,13,24H,3-6,8-9,22H2,(H,23,25)/t13-,15?,16?/m0/s1. The Bertz CT molecular complexity index is 700. The van der Waals surface area contributed by atoms with Gasteiger partial charge in [-0.2, -0.15) is 13.2 Å². The van der Waals surface area contributed by atoms with Crippen molar-refractivity contribution in [1.82, 2.24) is 5.32 Å². The fourth-order valence-electron chi connectivity index (χ4n) is 3.77. The molecule has 1 amide bonds. The molecular weight excluding hydrogens is 356 g/mol. The van der Waals surface area contributed by atoms with Crippen LogP contribution in [-0.2, 0) is 11.0 Å². The number of halogens is 4. The molecular formula is C17H20F4N2O3. The summed E-state index contributed by atoms with van der Waals surface area (Å²) in [6.45, 7) is -0.505. The maximum Gasteiger partial charge on any atom is 0.419 e. The third-order valence-electron chi connectivity index (χ3n) is 5.40. The molecule has 144 valence electrons. The second-order valence-electron chi connectivity index (χ2n) is 7.21. The molecule has 0 radical (unpaired) electrons. The number of hydrogen-bond donors (Lipinski definition) is 3. The number of carbonyl (C=O) groups excluding carboxylic acids is 1. The Kier molecular flexibility index (Phi) is 4.64. The lowest BCUT2D eigenvalue weighted by Gasteiger charge is -2.54. The van der Waals surface area contributed by atoms with Gasteiger partial charge in [-0.3, -0.25) is 4.79 Å². The van der Waals surface area contributed by atoms with E-state index in [9.17, 15) is 27.5 Å². The quantitative estimate of drug-likeness (QED) is 0.703. The van der Waals surface area contributed by atoms with Gasteiger partial charge in [-0.25, -0.2) is 4.39 Å². The van der Waals surface area contributed by atoms with E-state index in [-0.39, 0.29) is 5.75 Å². The lowest BCUT2D eigenvalue weighted by molar-refractivity contribution is -0.140. The van der Waals surface area contributed by atoms with Crippen LogP contribution in [0.15, 0.2) is 18.2 Å². The molecule has 2 bridgehead atoms. The van der Waals surface area contributed by atoms with Crippen molar-refractivity contribution in [3.05, 3.63) is 29.6 Å². The summed E-state index contributed by atoms with van der Waals surface area (Å²) < 4.78 is 56.4. The maximum absolute atomic E-state index is 13.3. The summed E-state index contributed by atoms with van der Waals surface area (Å²) in [5, 5.41) is 12.9. The highest BCUT2D eigenvalue weighted by Gasteiger charge is 2.52. The average molecular weight is 376 g/mol. The molecule has 3 aliphatic carbocycles. The van der Waals surface area contributed by atoms with Crippen molar-refractivity contribution in [3.63, 3.8) is 0 Å². The number of hydrogen-bond acceptors (Lipinski definition) is 4. The van der Waals surface area contributed by atoms with Crippen LogP contribution in [0.4, 0.5) is 17.6 Å². The van der Waals surface area contributed by atoms with Gasteiger partial charge in [0.05, 0.1) is 11.7 Å². The van der Waals surface area contributed by atoms with Crippen molar-refractivity contribution < 1.29 is 32.2 Å². The van der Waals surface area contributed by atoms with Crippen LogP contribution in [0.5, 0.6) is 5.75 Å². The molecule has 9 heteroatoms. The van der Waals surface area contributed by atoms with E-state index < -0.39 is 47.3 Å². The Morgan fingerprint density at radius 2 is 1.96 bits per heavy atom. The Hall–Kier alpha value is -1.87. The number of carbonyl (C=O) groups is 1. The van der Waals surface area contributed by atoms with Crippen molar-refractivity contribution in [2.75, 3.05) is 6.61 Å². The smallest absolute Gasteiger partial charge is 0.419 e.